The smallest absolute Gasteiger partial charge is 1.00 e. The van der Waals surface area contributed by atoms with Crippen molar-refractivity contribution in [2.45, 2.75) is 26.4 Å². The average molecular weight is 303 g/mol. The fourth-order valence-corrected chi connectivity index (χ4v) is 1.49. The first-order chi connectivity index (χ1) is 7.04. The Morgan fingerprint density at radius 2 is 1.65 bits per heavy atom. The fourth-order valence-electron chi connectivity index (χ4n) is 1.49. The van der Waals surface area contributed by atoms with E-state index in [4.69, 9.17) is 4.74 Å². The molecule has 0 unspecified atom stereocenters. The van der Waals surface area contributed by atoms with Gasteiger partial charge >= 0.3 is 23.1 Å². The number of hydrogen-bond donors (Lipinski definition) is 0. The van der Waals surface area contributed by atoms with Gasteiger partial charge < -0.3 is 21.7 Å². The molecule has 2 aromatic rings. The number of halogens is 1. The zero-order valence-electron chi connectivity index (χ0n) is 10.5. The molecule has 1 nitrogen and oxygen atoms in total. The molecule has 0 spiro atoms. The number of ether oxygens (including phenoxy) is 1. The average Bonchev–Trinajstić information content (AvgIpc) is 2.15. The molecule has 0 aliphatic carbocycles. The van der Waals surface area contributed by atoms with E-state index in [2.05, 4.69) is 18.2 Å². The Morgan fingerprint density at radius 1 is 1.00 bits per heavy atom. The van der Waals surface area contributed by atoms with E-state index in [-0.39, 0.29) is 45.6 Å². The van der Waals surface area contributed by atoms with E-state index in [0.29, 0.717) is 0 Å². The molecule has 0 atom stereocenters. The molecule has 17 heavy (non-hydrogen) atoms. The summed E-state index contributed by atoms with van der Waals surface area (Å²) >= 11 is 0. The minimum absolute atomic E-state index is 0. The van der Waals surface area contributed by atoms with Crippen LogP contribution in [0.15, 0.2) is 36.4 Å². The Bertz CT molecular complexity index is 477. The van der Waals surface area contributed by atoms with Gasteiger partial charge in [0.15, 0.2) is 0 Å². The van der Waals surface area contributed by atoms with Crippen LogP contribution in [0.5, 0.6) is 5.75 Å². The normalized spacial score (nSPS) is 10.3. The Hall–Kier alpha value is -0.254. The third-order valence-electron chi connectivity index (χ3n) is 2.05. The number of benzene rings is 2. The summed E-state index contributed by atoms with van der Waals surface area (Å²) in [7, 11) is 0. The van der Waals surface area contributed by atoms with Crippen LogP contribution in [0.4, 0.5) is 0 Å². The molecular formula is C14H15BrMgO. The topological polar surface area (TPSA) is 9.23 Å². The first-order valence-electron chi connectivity index (χ1n) is 5.15. The van der Waals surface area contributed by atoms with Crippen molar-refractivity contribution in [1.29, 1.82) is 0 Å². The van der Waals surface area contributed by atoms with Gasteiger partial charge in [0.05, 0.1) is 5.60 Å². The number of fused-ring (bicyclic) bond motifs is 1. The van der Waals surface area contributed by atoms with Crippen LogP contribution in [0, 0.1) is 6.07 Å². The predicted molar refractivity (Wildman–Crippen MR) is 68.9 cm³/mol. The minimum Gasteiger partial charge on any atom is -1.00 e. The maximum absolute atomic E-state index is 5.75. The van der Waals surface area contributed by atoms with Gasteiger partial charge in [-0.25, -0.2) is 0 Å². The van der Waals surface area contributed by atoms with E-state index in [0.717, 1.165) is 11.1 Å². The van der Waals surface area contributed by atoms with Crippen LogP contribution in [0.25, 0.3) is 10.8 Å². The maximum Gasteiger partial charge on any atom is 2.00 e. The van der Waals surface area contributed by atoms with E-state index in [1.54, 1.807) is 0 Å². The standard InChI is InChI=1S/C14H15O.BrH.Mg/c1-14(2,3)15-13-9-8-11-6-4-5-7-12(11)10-13;;/h4-9H,1-3H3;1H;/q-1;;+2/p-1. The summed E-state index contributed by atoms with van der Waals surface area (Å²) in [5.41, 5.74) is -0.168. The molecule has 0 N–H and O–H groups in total. The van der Waals surface area contributed by atoms with Crippen LogP contribution in [0.1, 0.15) is 20.8 Å². The summed E-state index contributed by atoms with van der Waals surface area (Å²) in [5.74, 6) is 0.807. The second kappa shape index (κ2) is 6.62. The Balaban J connectivity index is 0.00000128. The Morgan fingerprint density at radius 3 is 2.29 bits per heavy atom. The first-order valence-corrected chi connectivity index (χ1v) is 5.15. The number of rotatable bonds is 1. The van der Waals surface area contributed by atoms with Gasteiger partial charge in [0.2, 0.25) is 0 Å². The fraction of sp³-hybridized carbons (Fsp3) is 0.286. The summed E-state index contributed by atoms with van der Waals surface area (Å²) in [6.07, 6.45) is 0. The predicted octanol–water partition coefficient (Wildman–Crippen LogP) is 0.440. The van der Waals surface area contributed by atoms with Crippen molar-refractivity contribution in [2.24, 2.45) is 0 Å². The van der Waals surface area contributed by atoms with Crippen molar-refractivity contribution in [3.8, 4) is 5.75 Å². The van der Waals surface area contributed by atoms with Crippen molar-refractivity contribution in [1.82, 2.24) is 0 Å². The summed E-state index contributed by atoms with van der Waals surface area (Å²) in [6.45, 7) is 6.11. The maximum atomic E-state index is 5.75. The second-order valence-electron chi connectivity index (χ2n) is 4.62. The second-order valence-corrected chi connectivity index (χ2v) is 4.62. The molecule has 0 heterocycles. The number of hydrogen-bond acceptors (Lipinski definition) is 1. The van der Waals surface area contributed by atoms with Gasteiger partial charge in [-0.3, -0.25) is 0 Å². The summed E-state index contributed by atoms with van der Waals surface area (Å²) in [6, 6.07) is 15.5. The van der Waals surface area contributed by atoms with Gasteiger partial charge in [0.25, 0.3) is 0 Å². The van der Waals surface area contributed by atoms with Gasteiger partial charge in [-0.2, -0.15) is 0 Å². The van der Waals surface area contributed by atoms with Gasteiger partial charge in [-0.15, -0.1) is 35.0 Å². The molecule has 0 aromatic heterocycles. The molecule has 0 saturated heterocycles. The van der Waals surface area contributed by atoms with Gasteiger partial charge in [-0.05, 0) is 20.8 Å². The van der Waals surface area contributed by atoms with Crippen LogP contribution in [-0.2, 0) is 0 Å². The summed E-state index contributed by atoms with van der Waals surface area (Å²) < 4.78 is 5.75. The Labute approximate surface area is 129 Å². The third-order valence-corrected chi connectivity index (χ3v) is 2.05. The molecule has 3 heteroatoms. The van der Waals surface area contributed by atoms with E-state index in [1.165, 1.54) is 5.39 Å². The van der Waals surface area contributed by atoms with Crippen molar-refractivity contribution in [2.75, 3.05) is 0 Å². The molecule has 0 saturated carbocycles. The molecule has 0 aliphatic heterocycles. The van der Waals surface area contributed by atoms with E-state index < -0.39 is 0 Å². The van der Waals surface area contributed by atoms with Crippen molar-refractivity contribution < 1.29 is 21.7 Å². The zero-order valence-corrected chi connectivity index (χ0v) is 13.5. The summed E-state index contributed by atoms with van der Waals surface area (Å²) in [4.78, 5) is 0. The molecule has 2 rings (SSSR count). The molecule has 86 valence electrons. The largest absolute Gasteiger partial charge is 2.00 e. The van der Waals surface area contributed by atoms with Gasteiger partial charge in [-0.1, -0.05) is 18.2 Å². The van der Waals surface area contributed by atoms with Gasteiger partial charge in [0.1, 0.15) is 0 Å². The summed E-state index contributed by atoms with van der Waals surface area (Å²) in [5, 5.41) is 2.29. The monoisotopic (exact) mass is 302 g/mol. The Kier molecular flexibility index (Phi) is 6.52. The molecule has 0 bridgehead atoms. The zero-order chi connectivity index (χ0) is 10.9. The molecular weight excluding hydrogens is 288 g/mol. The van der Waals surface area contributed by atoms with Crippen LogP contribution in [-0.4, -0.2) is 28.7 Å². The van der Waals surface area contributed by atoms with E-state index in [1.807, 2.05) is 45.0 Å². The van der Waals surface area contributed by atoms with E-state index >= 15 is 0 Å². The molecule has 0 amide bonds. The minimum atomic E-state index is -0.168. The van der Waals surface area contributed by atoms with Crippen LogP contribution < -0.4 is 21.7 Å². The third kappa shape index (κ3) is 4.86. The molecule has 0 aliphatic rings. The first kappa shape index (κ1) is 16.7. The van der Waals surface area contributed by atoms with Crippen LogP contribution in [0.3, 0.4) is 0 Å². The van der Waals surface area contributed by atoms with Crippen molar-refractivity contribution >= 4 is 33.8 Å². The van der Waals surface area contributed by atoms with Crippen molar-refractivity contribution in [3.05, 3.63) is 42.5 Å². The SMILES string of the molecule is CC(C)(C)Oc1[c-]c2ccccc2cc1.[Br-].[Mg+2]. The van der Waals surface area contributed by atoms with Crippen LogP contribution in [0.2, 0.25) is 0 Å². The van der Waals surface area contributed by atoms with Crippen molar-refractivity contribution in [3.63, 3.8) is 0 Å². The van der Waals surface area contributed by atoms with Gasteiger partial charge in [0, 0.05) is 5.75 Å². The molecule has 0 radical (unpaired) electrons. The molecule has 0 fully saturated rings. The van der Waals surface area contributed by atoms with Crippen LogP contribution >= 0.6 is 0 Å². The van der Waals surface area contributed by atoms with E-state index in [9.17, 15) is 0 Å². The quantitative estimate of drug-likeness (QED) is 0.549. The molecule has 2 aromatic carbocycles.